The number of aryl methyl sites for hydroxylation is 1. The number of hydrogen-bond donors (Lipinski definition) is 1. The van der Waals surface area contributed by atoms with Crippen LogP contribution in [-0.2, 0) is 29.2 Å². The van der Waals surface area contributed by atoms with Crippen LogP contribution in [0.2, 0.25) is 0 Å². The lowest BCUT2D eigenvalue weighted by Crippen LogP contribution is -2.52. The van der Waals surface area contributed by atoms with Crippen LogP contribution in [0.5, 0.6) is 11.5 Å². The van der Waals surface area contributed by atoms with Gasteiger partial charge in [0.1, 0.15) is 30.0 Å². The van der Waals surface area contributed by atoms with Crippen molar-refractivity contribution in [1.82, 2.24) is 4.90 Å². The van der Waals surface area contributed by atoms with Gasteiger partial charge in [0, 0.05) is 23.0 Å². The number of carbonyl (C=O) groups excluding carboxylic acids is 1. The van der Waals surface area contributed by atoms with Crippen LogP contribution >= 0.6 is 0 Å². The average molecular weight is 705 g/mol. The number of primary amides is 1. The fourth-order valence-corrected chi connectivity index (χ4v) is 9.65. The van der Waals surface area contributed by atoms with E-state index >= 15 is 4.39 Å². The van der Waals surface area contributed by atoms with Gasteiger partial charge in [0.05, 0.1) is 18.6 Å². The van der Waals surface area contributed by atoms with E-state index in [1.54, 1.807) is 6.07 Å². The standard InChI is InChI=1S/C45H53FN2O4/c1-45-27-41(52-34-18-21-36(40(46)26-34)37(44(47)49)15-10-24-48(2)3)43-35-20-17-33(50-28-30-11-6-4-7-12-30)25-32(35)16-19-38(43)39(45)22-23-42(45)51-29-31-13-8-5-9-14-31/h4-9,11-14,17-18,20-21,25-26,37-39,41-43H,10,15-16,19,22-24,27-29H2,1-3H3,(H2,47,49)/t37?,38-,39-,41-,42-,43+,45-/m0/s1. The van der Waals surface area contributed by atoms with Gasteiger partial charge >= 0.3 is 0 Å². The number of amides is 1. The molecule has 1 amide bonds. The second kappa shape index (κ2) is 15.8. The second-order valence-corrected chi connectivity index (χ2v) is 15.8. The first-order chi connectivity index (χ1) is 25.2. The van der Waals surface area contributed by atoms with Crippen molar-refractivity contribution in [2.24, 2.45) is 23.0 Å². The molecule has 0 saturated heterocycles. The lowest BCUT2D eigenvalue weighted by molar-refractivity contribution is -0.119. The van der Waals surface area contributed by atoms with E-state index in [2.05, 4.69) is 66.4 Å². The molecule has 2 N–H and O–H groups in total. The Balaban J connectivity index is 1.16. The number of halogens is 1. The molecule has 7 atom stereocenters. The number of fused-ring (bicyclic) bond motifs is 5. The predicted octanol–water partition coefficient (Wildman–Crippen LogP) is 8.81. The van der Waals surface area contributed by atoms with Gasteiger partial charge in [-0.15, -0.1) is 0 Å². The summed E-state index contributed by atoms with van der Waals surface area (Å²) in [6.07, 6.45) is 6.17. The first-order valence-electron chi connectivity index (χ1n) is 19.0. The lowest BCUT2D eigenvalue weighted by Gasteiger charge is -2.53. The van der Waals surface area contributed by atoms with E-state index in [-0.39, 0.29) is 23.5 Å². The molecule has 52 heavy (non-hydrogen) atoms. The molecule has 2 fully saturated rings. The number of nitrogens with zero attached hydrogens (tertiary/aromatic N) is 1. The Morgan fingerprint density at radius 1 is 0.904 bits per heavy atom. The van der Waals surface area contributed by atoms with E-state index < -0.39 is 17.6 Å². The van der Waals surface area contributed by atoms with Gasteiger partial charge in [-0.05, 0) is 118 Å². The van der Waals surface area contributed by atoms with Gasteiger partial charge in [-0.2, -0.15) is 0 Å². The summed E-state index contributed by atoms with van der Waals surface area (Å²) in [5.41, 5.74) is 11.0. The Kier molecular flexibility index (Phi) is 11.0. The summed E-state index contributed by atoms with van der Waals surface area (Å²) in [4.78, 5) is 14.5. The number of benzene rings is 4. The van der Waals surface area contributed by atoms with Crippen LogP contribution in [0.15, 0.2) is 97.1 Å². The largest absolute Gasteiger partial charge is 0.490 e. The molecule has 7 rings (SSSR count). The molecule has 0 heterocycles. The molecule has 0 aliphatic heterocycles. The van der Waals surface area contributed by atoms with Gasteiger partial charge in [-0.25, -0.2) is 4.39 Å². The van der Waals surface area contributed by atoms with Crippen molar-refractivity contribution in [2.75, 3.05) is 20.6 Å². The van der Waals surface area contributed by atoms with Gasteiger partial charge in [0.2, 0.25) is 5.91 Å². The molecule has 6 nitrogen and oxygen atoms in total. The van der Waals surface area contributed by atoms with Crippen molar-refractivity contribution < 1.29 is 23.4 Å². The van der Waals surface area contributed by atoms with Crippen LogP contribution in [0, 0.1) is 23.1 Å². The minimum atomic E-state index is -0.683. The molecule has 0 aromatic heterocycles. The van der Waals surface area contributed by atoms with E-state index in [1.165, 1.54) is 22.8 Å². The van der Waals surface area contributed by atoms with E-state index in [0.717, 1.165) is 56.4 Å². The Labute approximate surface area is 308 Å². The maximum absolute atomic E-state index is 15.9. The quantitative estimate of drug-likeness (QED) is 0.142. The zero-order valence-electron chi connectivity index (χ0n) is 30.8. The van der Waals surface area contributed by atoms with Crippen molar-refractivity contribution in [3.8, 4) is 11.5 Å². The first-order valence-corrected chi connectivity index (χ1v) is 19.0. The smallest absolute Gasteiger partial charge is 0.225 e. The Morgan fingerprint density at radius 2 is 1.62 bits per heavy atom. The van der Waals surface area contributed by atoms with Crippen LogP contribution in [-0.4, -0.2) is 43.7 Å². The normalized spacial score (nSPS) is 25.5. The molecule has 4 aromatic rings. The van der Waals surface area contributed by atoms with Crippen molar-refractivity contribution in [3.05, 3.63) is 131 Å². The van der Waals surface area contributed by atoms with Crippen molar-refractivity contribution in [1.29, 1.82) is 0 Å². The summed E-state index contributed by atoms with van der Waals surface area (Å²) in [7, 11) is 3.97. The number of rotatable bonds is 14. The summed E-state index contributed by atoms with van der Waals surface area (Å²) < 4.78 is 35.8. The Bertz CT molecular complexity index is 1820. The molecule has 0 spiro atoms. The highest BCUT2D eigenvalue weighted by atomic mass is 19.1. The molecular formula is C45H53FN2O4. The monoisotopic (exact) mass is 704 g/mol. The number of carbonyl (C=O) groups is 1. The summed E-state index contributed by atoms with van der Waals surface area (Å²) in [6, 6.07) is 32.2. The minimum absolute atomic E-state index is 0.0845. The second-order valence-electron chi connectivity index (χ2n) is 15.8. The Hall–Kier alpha value is -4.20. The van der Waals surface area contributed by atoms with Crippen LogP contribution in [0.4, 0.5) is 4.39 Å². The molecule has 3 aliphatic carbocycles. The number of ether oxygens (including phenoxy) is 3. The number of hydrogen-bond acceptors (Lipinski definition) is 5. The van der Waals surface area contributed by atoms with E-state index in [0.29, 0.717) is 42.8 Å². The molecule has 0 radical (unpaired) electrons. The molecule has 7 heteroatoms. The summed E-state index contributed by atoms with van der Waals surface area (Å²) >= 11 is 0. The SMILES string of the molecule is CN(C)CCCC(C(N)=O)c1ccc(O[C@H]2C[C@]3(C)[C@@H](OCc4ccccc4)CC[C@H]3[C@@H]3CCc4cc(OCc5ccccc5)ccc4[C@H]32)cc1F. The van der Waals surface area contributed by atoms with Gasteiger partial charge in [-0.1, -0.05) is 79.7 Å². The summed E-state index contributed by atoms with van der Waals surface area (Å²) in [5, 5.41) is 0. The third-order valence-corrected chi connectivity index (χ3v) is 12.2. The molecular weight excluding hydrogens is 652 g/mol. The maximum atomic E-state index is 15.9. The Morgan fingerprint density at radius 3 is 2.31 bits per heavy atom. The molecule has 274 valence electrons. The topological polar surface area (TPSA) is 74.0 Å². The van der Waals surface area contributed by atoms with Crippen LogP contribution in [0.1, 0.15) is 85.1 Å². The van der Waals surface area contributed by atoms with Gasteiger partial charge in [0.25, 0.3) is 0 Å². The van der Waals surface area contributed by atoms with Crippen molar-refractivity contribution in [3.63, 3.8) is 0 Å². The molecule has 1 unspecified atom stereocenters. The predicted molar refractivity (Wildman–Crippen MR) is 203 cm³/mol. The zero-order valence-corrected chi connectivity index (χ0v) is 30.8. The highest BCUT2D eigenvalue weighted by molar-refractivity contribution is 5.82. The van der Waals surface area contributed by atoms with Crippen LogP contribution in [0.25, 0.3) is 0 Å². The minimum Gasteiger partial charge on any atom is -0.490 e. The van der Waals surface area contributed by atoms with Crippen LogP contribution < -0.4 is 15.2 Å². The fourth-order valence-electron chi connectivity index (χ4n) is 9.65. The van der Waals surface area contributed by atoms with Crippen molar-refractivity contribution in [2.45, 2.75) is 89.1 Å². The van der Waals surface area contributed by atoms with E-state index in [1.807, 2.05) is 44.4 Å². The fraction of sp³-hybridized carbons (Fsp3) is 0.444. The molecule has 2 saturated carbocycles. The van der Waals surface area contributed by atoms with Gasteiger partial charge in [-0.3, -0.25) is 4.79 Å². The average Bonchev–Trinajstić information content (AvgIpc) is 3.47. The van der Waals surface area contributed by atoms with E-state index in [9.17, 15) is 4.79 Å². The third-order valence-electron chi connectivity index (χ3n) is 12.2. The van der Waals surface area contributed by atoms with E-state index in [4.69, 9.17) is 19.9 Å². The molecule has 0 bridgehead atoms. The zero-order chi connectivity index (χ0) is 36.2. The maximum Gasteiger partial charge on any atom is 0.225 e. The van der Waals surface area contributed by atoms with Gasteiger partial charge in [0.15, 0.2) is 0 Å². The summed E-state index contributed by atoms with van der Waals surface area (Å²) in [6.45, 7) is 4.31. The lowest BCUT2D eigenvalue weighted by atomic mass is 9.54. The van der Waals surface area contributed by atoms with Crippen molar-refractivity contribution >= 4 is 5.91 Å². The number of nitrogens with two attached hydrogens (primary N) is 1. The highest BCUT2D eigenvalue weighted by Gasteiger charge is 2.59. The third kappa shape index (κ3) is 7.77. The molecule has 4 aromatic carbocycles. The highest BCUT2D eigenvalue weighted by Crippen LogP contribution is 2.62. The van der Waals surface area contributed by atoms with Crippen LogP contribution in [0.3, 0.4) is 0 Å². The molecule has 3 aliphatic rings. The first kappa shape index (κ1) is 36.2. The van der Waals surface area contributed by atoms with Gasteiger partial charge < -0.3 is 24.8 Å². The summed E-state index contributed by atoms with van der Waals surface area (Å²) in [5.74, 6) is 0.795.